The summed E-state index contributed by atoms with van der Waals surface area (Å²) in [5.74, 6) is 0.208. The number of hydrogen-bond donors (Lipinski definition) is 1. The molecule has 2 aromatic heterocycles. The fourth-order valence-electron chi connectivity index (χ4n) is 3.04. The predicted octanol–water partition coefficient (Wildman–Crippen LogP) is 4.09. The molecule has 116 valence electrons. The zero-order valence-electron chi connectivity index (χ0n) is 13.3. The molecule has 0 aliphatic carbocycles. The Morgan fingerprint density at radius 2 is 1.62 bits per heavy atom. The molecule has 2 aromatic carbocycles. The van der Waals surface area contributed by atoms with Gasteiger partial charge in [-0.15, -0.1) is 0 Å². The summed E-state index contributed by atoms with van der Waals surface area (Å²) < 4.78 is 2.12. The van der Waals surface area contributed by atoms with Gasteiger partial charge in [0.25, 0.3) is 0 Å². The van der Waals surface area contributed by atoms with E-state index in [0.717, 1.165) is 16.5 Å². The lowest BCUT2D eigenvalue weighted by Crippen LogP contribution is -2.28. The Morgan fingerprint density at radius 1 is 0.875 bits per heavy atom. The minimum Gasteiger partial charge on any atom is -0.506 e. The number of aromatic hydroxyl groups is 1. The van der Waals surface area contributed by atoms with Gasteiger partial charge in [0.15, 0.2) is 6.20 Å². The van der Waals surface area contributed by atoms with E-state index in [1.165, 1.54) is 10.9 Å². The molecule has 3 nitrogen and oxygen atoms in total. The summed E-state index contributed by atoms with van der Waals surface area (Å²) in [7, 11) is 2.05. The van der Waals surface area contributed by atoms with Gasteiger partial charge in [0.2, 0.25) is 5.52 Å². The van der Waals surface area contributed by atoms with Crippen LogP contribution in [-0.4, -0.2) is 10.1 Å². The van der Waals surface area contributed by atoms with Gasteiger partial charge in [0.05, 0.1) is 5.39 Å². The lowest BCUT2D eigenvalue weighted by molar-refractivity contribution is -0.644. The maximum Gasteiger partial charge on any atom is 0.212 e. The van der Waals surface area contributed by atoms with Crippen molar-refractivity contribution in [1.29, 1.82) is 0 Å². The monoisotopic (exact) mass is 313 g/mol. The third kappa shape index (κ3) is 2.40. The standard InChI is InChI=1S/C21H16N2O/c1-23-14-12-16(17-5-2-3-7-19(17)23)10-9-15-11-13-22-21-18(15)6-4-8-20(21)24/h2-14H,1H3/p+1. The third-order valence-electron chi connectivity index (χ3n) is 4.30. The number of pyridine rings is 2. The summed E-state index contributed by atoms with van der Waals surface area (Å²) in [4.78, 5) is 4.27. The van der Waals surface area contributed by atoms with Crippen molar-refractivity contribution in [3.63, 3.8) is 0 Å². The molecular formula is C21H17N2O+. The van der Waals surface area contributed by atoms with Crippen LogP contribution in [0, 0.1) is 0 Å². The second-order valence-electron chi connectivity index (χ2n) is 5.81. The van der Waals surface area contributed by atoms with E-state index in [1.54, 1.807) is 12.3 Å². The van der Waals surface area contributed by atoms with E-state index >= 15 is 0 Å². The Kier molecular flexibility index (Phi) is 3.47. The average Bonchev–Trinajstić information content (AvgIpc) is 2.62. The van der Waals surface area contributed by atoms with E-state index in [0.29, 0.717) is 5.52 Å². The summed E-state index contributed by atoms with van der Waals surface area (Å²) in [5.41, 5.74) is 4.02. The molecule has 3 heteroatoms. The number of aryl methyl sites for hydroxylation is 1. The molecule has 0 spiro atoms. The summed E-state index contributed by atoms with van der Waals surface area (Å²) in [6.07, 6.45) is 7.98. The molecular weight excluding hydrogens is 296 g/mol. The van der Waals surface area contributed by atoms with Gasteiger partial charge in [-0.05, 0) is 29.3 Å². The van der Waals surface area contributed by atoms with Gasteiger partial charge in [0.1, 0.15) is 18.3 Å². The molecule has 4 aromatic rings. The Balaban J connectivity index is 1.85. The van der Waals surface area contributed by atoms with Crippen LogP contribution in [-0.2, 0) is 7.05 Å². The molecule has 0 aliphatic rings. The lowest BCUT2D eigenvalue weighted by atomic mass is 10.0. The number of phenolic OH excluding ortho intramolecular Hbond substituents is 1. The van der Waals surface area contributed by atoms with Crippen LogP contribution >= 0.6 is 0 Å². The molecule has 2 heterocycles. The zero-order valence-corrected chi connectivity index (χ0v) is 13.3. The number of para-hydroxylation sites is 2. The second-order valence-corrected chi connectivity index (χ2v) is 5.81. The van der Waals surface area contributed by atoms with Gasteiger partial charge in [0, 0.05) is 23.7 Å². The van der Waals surface area contributed by atoms with Crippen LogP contribution < -0.4 is 4.57 Å². The summed E-state index contributed by atoms with van der Waals surface area (Å²) >= 11 is 0. The molecule has 0 aliphatic heterocycles. The molecule has 0 radical (unpaired) electrons. The Bertz CT molecular complexity index is 1040. The van der Waals surface area contributed by atoms with E-state index < -0.39 is 0 Å². The fourth-order valence-corrected chi connectivity index (χ4v) is 3.04. The van der Waals surface area contributed by atoms with Gasteiger partial charge in [-0.25, -0.2) is 4.57 Å². The normalized spacial score (nSPS) is 11.5. The molecule has 0 saturated heterocycles. The first-order valence-corrected chi connectivity index (χ1v) is 7.86. The van der Waals surface area contributed by atoms with Crippen LogP contribution in [0.2, 0.25) is 0 Å². The Labute approximate surface area is 140 Å². The van der Waals surface area contributed by atoms with Gasteiger partial charge < -0.3 is 5.11 Å². The summed E-state index contributed by atoms with van der Waals surface area (Å²) in [6, 6.07) is 17.9. The zero-order chi connectivity index (χ0) is 16.5. The van der Waals surface area contributed by atoms with E-state index in [1.807, 2.05) is 18.2 Å². The maximum atomic E-state index is 9.96. The van der Waals surface area contributed by atoms with Crippen LogP contribution in [0.5, 0.6) is 5.75 Å². The fraction of sp³-hybridized carbons (Fsp3) is 0.0476. The SMILES string of the molecule is C[n+]1ccc(/C=C/c2ccnc3c(O)cccc23)c2ccccc21. The predicted molar refractivity (Wildman–Crippen MR) is 97.5 cm³/mol. The maximum absolute atomic E-state index is 9.96. The Morgan fingerprint density at radius 3 is 2.50 bits per heavy atom. The molecule has 0 amide bonds. The first-order chi connectivity index (χ1) is 11.7. The van der Waals surface area contributed by atoms with Crippen LogP contribution in [0.15, 0.2) is 67.0 Å². The van der Waals surface area contributed by atoms with Gasteiger partial charge in [-0.1, -0.05) is 36.4 Å². The van der Waals surface area contributed by atoms with Crippen molar-refractivity contribution in [3.8, 4) is 5.75 Å². The van der Waals surface area contributed by atoms with E-state index in [2.05, 4.69) is 65.3 Å². The minimum absolute atomic E-state index is 0.208. The molecule has 4 rings (SSSR count). The van der Waals surface area contributed by atoms with E-state index in [9.17, 15) is 5.11 Å². The largest absolute Gasteiger partial charge is 0.506 e. The van der Waals surface area contributed by atoms with Gasteiger partial charge in [-0.2, -0.15) is 0 Å². The van der Waals surface area contributed by atoms with Crippen molar-refractivity contribution in [1.82, 2.24) is 4.98 Å². The molecule has 0 atom stereocenters. The molecule has 0 saturated carbocycles. The quantitative estimate of drug-likeness (QED) is 0.566. The van der Waals surface area contributed by atoms with Crippen molar-refractivity contribution < 1.29 is 9.67 Å². The number of benzene rings is 2. The number of aromatic nitrogens is 2. The van der Waals surface area contributed by atoms with Crippen LogP contribution in [0.3, 0.4) is 0 Å². The highest BCUT2D eigenvalue weighted by molar-refractivity contribution is 5.95. The molecule has 1 N–H and O–H groups in total. The summed E-state index contributed by atoms with van der Waals surface area (Å²) in [6.45, 7) is 0. The van der Waals surface area contributed by atoms with Crippen molar-refractivity contribution >= 4 is 34.0 Å². The number of phenols is 1. The highest BCUT2D eigenvalue weighted by Crippen LogP contribution is 2.26. The molecule has 0 unspecified atom stereocenters. The number of rotatable bonds is 2. The van der Waals surface area contributed by atoms with Crippen LogP contribution in [0.4, 0.5) is 0 Å². The highest BCUT2D eigenvalue weighted by Gasteiger charge is 2.07. The van der Waals surface area contributed by atoms with Gasteiger partial charge in [-0.3, -0.25) is 4.98 Å². The topological polar surface area (TPSA) is 37.0 Å². The molecule has 24 heavy (non-hydrogen) atoms. The second kappa shape index (κ2) is 5.78. The Hall–Kier alpha value is -3.20. The minimum atomic E-state index is 0.208. The lowest BCUT2D eigenvalue weighted by Gasteiger charge is -2.04. The van der Waals surface area contributed by atoms with E-state index in [4.69, 9.17) is 0 Å². The smallest absolute Gasteiger partial charge is 0.212 e. The number of hydrogen-bond acceptors (Lipinski definition) is 2. The average molecular weight is 313 g/mol. The number of fused-ring (bicyclic) bond motifs is 2. The van der Waals surface area contributed by atoms with Crippen molar-refractivity contribution in [3.05, 3.63) is 78.1 Å². The molecule has 0 fully saturated rings. The van der Waals surface area contributed by atoms with Crippen molar-refractivity contribution in [2.24, 2.45) is 7.05 Å². The summed E-state index contributed by atoms with van der Waals surface area (Å²) in [5, 5.41) is 12.1. The molecule has 0 bridgehead atoms. The van der Waals surface area contributed by atoms with Crippen molar-refractivity contribution in [2.75, 3.05) is 0 Å². The van der Waals surface area contributed by atoms with Crippen LogP contribution in [0.25, 0.3) is 34.0 Å². The number of nitrogens with zero attached hydrogens (tertiary/aromatic N) is 2. The van der Waals surface area contributed by atoms with Crippen molar-refractivity contribution in [2.45, 2.75) is 0 Å². The third-order valence-corrected chi connectivity index (χ3v) is 4.30. The highest BCUT2D eigenvalue weighted by atomic mass is 16.3. The van der Waals surface area contributed by atoms with Gasteiger partial charge >= 0.3 is 0 Å². The van der Waals surface area contributed by atoms with Crippen LogP contribution in [0.1, 0.15) is 11.1 Å². The first-order valence-electron chi connectivity index (χ1n) is 7.86. The first kappa shape index (κ1) is 14.4. The van der Waals surface area contributed by atoms with E-state index in [-0.39, 0.29) is 5.75 Å².